The first-order valence-corrected chi connectivity index (χ1v) is 8.05. The van der Waals surface area contributed by atoms with E-state index in [1.165, 1.54) is 6.07 Å². The van der Waals surface area contributed by atoms with Gasteiger partial charge in [-0.3, -0.25) is 9.59 Å². The number of hydrogen-bond donors (Lipinski definition) is 0. The third-order valence-electron chi connectivity index (χ3n) is 3.48. The van der Waals surface area contributed by atoms with Crippen molar-refractivity contribution in [2.75, 3.05) is 7.11 Å². The van der Waals surface area contributed by atoms with Crippen LogP contribution in [-0.2, 0) is 6.42 Å². The molecule has 0 amide bonds. The second-order valence-corrected chi connectivity index (χ2v) is 6.19. The van der Waals surface area contributed by atoms with Gasteiger partial charge < -0.3 is 9.15 Å². The highest BCUT2D eigenvalue weighted by Crippen LogP contribution is 2.26. The van der Waals surface area contributed by atoms with Crippen LogP contribution in [-0.4, -0.2) is 12.9 Å². The monoisotopic (exact) mass is 420 g/mol. The number of ketones is 1. The molecule has 5 heteroatoms. The van der Waals surface area contributed by atoms with Gasteiger partial charge in [-0.25, -0.2) is 0 Å². The van der Waals surface area contributed by atoms with Crippen LogP contribution in [0.4, 0.5) is 0 Å². The van der Waals surface area contributed by atoms with Gasteiger partial charge in [0.15, 0.2) is 11.2 Å². The van der Waals surface area contributed by atoms with E-state index in [-0.39, 0.29) is 17.6 Å². The van der Waals surface area contributed by atoms with Crippen molar-refractivity contribution in [3.63, 3.8) is 0 Å². The summed E-state index contributed by atoms with van der Waals surface area (Å²) in [5.74, 6) is 0.887. The van der Waals surface area contributed by atoms with Crippen LogP contribution in [0.5, 0.6) is 5.75 Å². The molecule has 2 aromatic carbocycles. The zero-order valence-electron chi connectivity index (χ0n) is 12.3. The predicted octanol–water partition coefficient (Wildman–Crippen LogP) is 3.83. The maximum atomic E-state index is 12.3. The fourth-order valence-electron chi connectivity index (χ4n) is 2.33. The van der Waals surface area contributed by atoms with E-state index in [0.29, 0.717) is 28.0 Å². The zero-order valence-corrected chi connectivity index (χ0v) is 14.5. The van der Waals surface area contributed by atoms with Crippen molar-refractivity contribution in [3.05, 3.63) is 73.6 Å². The SMILES string of the molecule is COc1cc2oc(CC(=O)c3ccccc3)cc(=O)c2cc1I. The fraction of sp³-hybridized carbons (Fsp3) is 0.111. The molecule has 0 aliphatic rings. The summed E-state index contributed by atoms with van der Waals surface area (Å²) in [6, 6.07) is 13.7. The second kappa shape index (κ2) is 6.54. The van der Waals surface area contributed by atoms with Crippen LogP contribution < -0.4 is 10.2 Å². The van der Waals surface area contributed by atoms with E-state index in [1.807, 2.05) is 6.07 Å². The van der Waals surface area contributed by atoms with Gasteiger partial charge in [0.1, 0.15) is 17.1 Å². The highest BCUT2D eigenvalue weighted by atomic mass is 127. The Kier molecular flexibility index (Phi) is 4.47. The minimum absolute atomic E-state index is 0.0451. The summed E-state index contributed by atoms with van der Waals surface area (Å²) in [5, 5.41) is 0.478. The molecule has 0 fully saturated rings. The van der Waals surface area contributed by atoms with Crippen molar-refractivity contribution in [1.29, 1.82) is 0 Å². The summed E-state index contributed by atoms with van der Waals surface area (Å²) in [6.07, 6.45) is 0.0451. The Labute approximate surface area is 146 Å². The lowest BCUT2D eigenvalue weighted by atomic mass is 10.1. The molecular formula is C18H13IO4. The molecule has 0 N–H and O–H groups in total. The normalized spacial score (nSPS) is 10.7. The van der Waals surface area contributed by atoms with E-state index >= 15 is 0 Å². The molecular weight excluding hydrogens is 407 g/mol. The largest absolute Gasteiger partial charge is 0.496 e. The predicted molar refractivity (Wildman–Crippen MR) is 96.2 cm³/mol. The molecule has 1 aromatic heterocycles. The Bertz CT molecular complexity index is 929. The Hall–Kier alpha value is -2.15. The first kappa shape index (κ1) is 15.7. The molecule has 0 saturated heterocycles. The highest BCUT2D eigenvalue weighted by molar-refractivity contribution is 14.1. The van der Waals surface area contributed by atoms with Crippen LogP contribution in [0.25, 0.3) is 11.0 Å². The topological polar surface area (TPSA) is 56.5 Å². The van der Waals surface area contributed by atoms with E-state index in [2.05, 4.69) is 22.6 Å². The molecule has 116 valence electrons. The van der Waals surface area contributed by atoms with E-state index in [9.17, 15) is 9.59 Å². The Morgan fingerprint density at radius 2 is 1.91 bits per heavy atom. The smallest absolute Gasteiger partial charge is 0.193 e. The first-order valence-electron chi connectivity index (χ1n) is 6.97. The van der Waals surface area contributed by atoms with E-state index in [4.69, 9.17) is 9.15 Å². The second-order valence-electron chi connectivity index (χ2n) is 5.03. The van der Waals surface area contributed by atoms with Gasteiger partial charge in [0.2, 0.25) is 0 Å². The first-order chi connectivity index (χ1) is 11.1. The third-order valence-corrected chi connectivity index (χ3v) is 4.33. The van der Waals surface area contributed by atoms with Gasteiger partial charge in [-0.05, 0) is 28.7 Å². The van der Waals surface area contributed by atoms with E-state index < -0.39 is 0 Å². The quantitative estimate of drug-likeness (QED) is 0.476. The van der Waals surface area contributed by atoms with Crippen LogP contribution in [0.15, 0.2) is 57.7 Å². The van der Waals surface area contributed by atoms with Crippen molar-refractivity contribution in [2.45, 2.75) is 6.42 Å². The summed E-state index contributed by atoms with van der Waals surface area (Å²) < 4.78 is 11.8. The number of Topliss-reactive ketones (excluding diaryl/α,β-unsaturated/α-hetero) is 1. The van der Waals surface area contributed by atoms with Gasteiger partial charge in [-0.1, -0.05) is 30.3 Å². The molecule has 0 spiro atoms. The number of fused-ring (bicyclic) bond motifs is 1. The van der Waals surface area contributed by atoms with E-state index in [0.717, 1.165) is 3.57 Å². The molecule has 4 nitrogen and oxygen atoms in total. The summed E-state index contributed by atoms with van der Waals surface area (Å²) in [6.45, 7) is 0. The molecule has 0 radical (unpaired) electrons. The van der Waals surface area contributed by atoms with Gasteiger partial charge in [-0.15, -0.1) is 0 Å². The molecule has 3 aromatic rings. The summed E-state index contributed by atoms with van der Waals surface area (Å²) in [7, 11) is 1.56. The van der Waals surface area contributed by atoms with Crippen LogP contribution in [0, 0.1) is 3.57 Å². The number of benzene rings is 2. The Morgan fingerprint density at radius 1 is 1.17 bits per heavy atom. The number of halogens is 1. The Balaban J connectivity index is 2.01. The average Bonchev–Trinajstić information content (AvgIpc) is 2.56. The number of ether oxygens (including phenoxy) is 1. The number of hydrogen-bond acceptors (Lipinski definition) is 4. The number of carbonyl (C=O) groups is 1. The van der Waals surface area contributed by atoms with Crippen molar-refractivity contribution >= 4 is 39.3 Å². The molecule has 0 saturated carbocycles. The molecule has 0 aliphatic carbocycles. The van der Waals surface area contributed by atoms with Crippen LogP contribution in [0.3, 0.4) is 0 Å². The fourth-order valence-corrected chi connectivity index (χ4v) is 3.02. The molecule has 1 heterocycles. The summed E-state index contributed by atoms with van der Waals surface area (Å²) in [4.78, 5) is 24.5. The Morgan fingerprint density at radius 3 is 2.61 bits per heavy atom. The third kappa shape index (κ3) is 3.29. The summed E-state index contributed by atoms with van der Waals surface area (Å²) >= 11 is 2.10. The molecule has 0 bridgehead atoms. The average molecular weight is 420 g/mol. The van der Waals surface area contributed by atoms with Gasteiger partial charge >= 0.3 is 0 Å². The minimum Gasteiger partial charge on any atom is -0.496 e. The molecule has 0 aliphatic heterocycles. The van der Waals surface area contributed by atoms with Crippen LogP contribution in [0.1, 0.15) is 16.1 Å². The maximum absolute atomic E-state index is 12.3. The van der Waals surface area contributed by atoms with Gasteiger partial charge in [-0.2, -0.15) is 0 Å². The lowest BCUT2D eigenvalue weighted by Crippen LogP contribution is -2.08. The lowest BCUT2D eigenvalue weighted by Gasteiger charge is -2.06. The minimum atomic E-state index is -0.164. The highest BCUT2D eigenvalue weighted by Gasteiger charge is 2.13. The summed E-state index contributed by atoms with van der Waals surface area (Å²) in [5.41, 5.74) is 0.851. The van der Waals surface area contributed by atoms with Crippen molar-refractivity contribution in [1.82, 2.24) is 0 Å². The lowest BCUT2D eigenvalue weighted by molar-refractivity contribution is 0.0987. The number of rotatable bonds is 4. The van der Waals surface area contributed by atoms with Crippen molar-refractivity contribution in [2.24, 2.45) is 0 Å². The number of carbonyl (C=O) groups excluding carboxylic acids is 1. The van der Waals surface area contributed by atoms with Gasteiger partial charge in [0.05, 0.1) is 22.5 Å². The molecule has 23 heavy (non-hydrogen) atoms. The van der Waals surface area contributed by atoms with Crippen LogP contribution in [0.2, 0.25) is 0 Å². The zero-order chi connectivity index (χ0) is 16.4. The number of methoxy groups -OCH3 is 1. The van der Waals surface area contributed by atoms with Crippen molar-refractivity contribution < 1.29 is 13.9 Å². The van der Waals surface area contributed by atoms with Gasteiger partial charge in [0, 0.05) is 17.7 Å². The maximum Gasteiger partial charge on any atom is 0.193 e. The molecule has 0 atom stereocenters. The molecule has 3 rings (SSSR count). The van der Waals surface area contributed by atoms with E-state index in [1.54, 1.807) is 43.5 Å². The van der Waals surface area contributed by atoms with Crippen molar-refractivity contribution in [3.8, 4) is 5.75 Å². The van der Waals surface area contributed by atoms with Gasteiger partial charge in [0.25, 0.3) is 0 Å². The standard InChI is InChI=1S/C18H13IO4/c1-22-18-10-17-13(9-14(18)19)16(21)8-12(23-17)7-15(20)11-5-3-2-4-6-11/h2-6,8-10H,7H2,1H3. The van der Waals surface area contributed by atoms with Crippen LogP contribution >= 0.6 is 22.6 Å². The molecule has 0 unspecified atom stereocenters.